The molecule has 6 nitrogen and oxygen atoms in total. The number of fused-ring (bicyclic) bond motifs is 1. The fourth-order valence-corrected chi connectivity index (χ4v) is 5.54. The van der Waals surface area contributed by atoms with Gasteiger partial charge in [-0.05, 0) is 49.2 Å². The Bertz CT molecular complexity index is 1170. The molecule has 0 bridgehead atoms. The predicted octanol–water partition coefficient (Wildman–Crippen LogP) is 4.32. The summed E-state index contributed by atoms with van der Waals surface area (Å²) in [5.41, 5.74) is 1.55. The molecule has 2 heterocycles. The third-order valence-electron chi connectivity index (χ3n) is 5.01. The molecule has 3 aromatic rings. The zero-order valence-corrected chi connectivity index (χ0v) is 17.2. The summed E-state index contributed by atoms with van der Waals surface area (Å²) in [6, 6.07) is 13.4. The maximum absolute atomic E-state index is 13.0. The largest absolute Gasteiger partial charge is 0.322 e. The Balaban J connectivity index is 1.64. The van der Waals surface area contributed by atoms with E-state index in [1.54, 1.807) is 30.5 Å². The molecule has 1 aliphatic rings. The molecule has 0 aliphatic carbocycles. The molecule has 1 saturated heterocycles. The number of anilines is 1. The number of benzene rings is 2. The van der Waals surface area contributed by atoms with Crippen LogP contribution in [0, 0.1) is 0 Å². The lowest BCUT2D eigenvalue weighted by Gasteiger charge is -2.26. The normalized spacial score (nSPS) is 15.3. The first kappa shape index (κ1) is 19.8. The van der Waals surface area contributed by atoms with Gasteiger partial charge in [0.2, 0.25) is 10.0 Å². The van der Waals surface area contributed by atoms with Crippen LogP contribution in [0.25, 0.3) is 10.9 Å². The molecule has 0 saturated carbocycles. The molecule has 0 atom stereocenters. The SMILES string of the molecule is O=C(Nc1ccc(Cl)c(S(=O)(=O)N2CCCCC2)c1)c1cccc2ncccc12. The molecule has 0 radical (unpaired) electrons. The second-order valence-electron chi connectivity index (χ2n) is 6.94. The number of halogens is 1. The van der Waals surface area contributed by atoms with Gasteiger partial charge in [-0.25, -0.2) is 8.42 Å². The van der Waals surface area contributed by atoms with Gasteiger partial charge in [-0.3, -0.25) is 9.78 Å². The Labute approximate surface area is 174 Å². The minimum Gasteiger partial charge on any atom is -0.322 e. The van der Waals surface area contributed by atoms with Crippen molar-refractivity contribution in [1.29, 1.82) is 0 Å². The van der Waals surface area contributed by atoms with E-state index < -0.39 is 10.0 Å². The summed E-state index contributed by atoms with van der Waals surface area (Å²) >= 11 is 6.20. The Morgan fingerprint density at radius 3 is 2.62 bits per heavy atom. The van der Waals surface area contributed by atoms with Crippen molar-refractivity contribution >= 4 is 44.1 Å². The summed E-state index contributed by atoms with van der Waals surface area (Å²) in [5.74, 6) is -0.341. The number of carbonyl (C=O) groups is 1. The summed E-state index contributed by atoms with van der Waals surface area (Å²) in [6.07, 6.45) is 4.36. The summed E-state index contributed by atoms with van der Waals surface area (Å²) in [6.45, 7) is 0.969. The van der Waals surface area contributed by atoms with E-state index in [4.69, 9.17) is 11.6 Å². The highest BCUT2D eigenvalue weighted by atomic mass is 35.5. The highest BCUT2D eigenvalue weighted by Gasteiger charge is 2.28. The zero-order valence-electron chi connectivity index (χ0n) is 15.6. The third-order valence-corrected chi connectivity index (χ3v) is 7.39. The fourth-order valence-electron chi connectivity index (χ4n) is 3.52. The topological polar surface area (TPSA) is 79.4 Å². The standard InChI is InChI=1S/C21H20ClN3O3S/c22-18-10-9-15(14-20(18)29(27,28)25-12-2-1-3-13-25)24-21(26)17-6-4-8-19-16(17)7-5-11-23-19/h4-11,14H,1-3,12-13H2,(H,24,26). The monoisotopic (exact) mass is 429 g/mol. The molecular formula is C21H20ClN3O3S. The molecule has 0 unspecified atom stereocenters. The molecule has 0 spiro atoms. The van der Waals surface area contributed by atoms with Gasteiger partial charge in [0.15, 0.2) is 0 Å². The van der Waals surface area contributed by atoms with Crippen LogP contribution in [-0.4, -0.2) is 36.7 Å². The molecule has 1 fully saturated rings. The lowest BCUT2D eigenvalue weighted by Crippen LogP contribution is -2.35. The van der Waals surface area contributed by atoms with Crippen molar-refractivity contribution in [2.24, 2.45) is 0 Å². The second kappa shape index (κ2) is 8.10. The van der Waals surface area contributed by atoms with Gasteiger partial charge in [0, 0.05) is 35.9 Å². The van der Waals surface area contributed by atoms with Gasteiger partial charge in [0.1, 0.15) is 4.90 Å². The van der Waals surface area contributed by atoms with Crippen LogP contribution in [-0.2, 0) is 10.0 Å². The molecular weight excluding hydrogens is 410 g/mol. The molecule has 1 amide bonds. The van der Waals surface area contributed by atoms with Crippen molar-refractivity contribution in [2.45, 2.75) is 24.2 Å². The first-order chi connectivity index (χ1) is 14.0. The van der Waals surface area contributed by atoms with E-state index in [-0.39, 0.29) is 15.8 Å². The van der Waals surface area contributed by atoms with E-state index >= 15 is 0 Å². The van der Waals surface area contributed by atoms with Gasteiger partial charge in [-0.15, -0.1) is 0 Å². The van der Waals surface area contributed by atoms with E-state index in [1.165, 1.54) is 16.4 Å². The average molecular weight is 430 g/mol. The summed E-state index contributed by atoms with van der Waals surface area (Å²) in [5, 5.41) is 3.65. The fraction of sp³-hybridized carbons (Fsp3) is 0.238. The maximum atomic E-state index is 13.0. The van der Waals surface area contributed by atoms with Crippen molar-refractivity contribution in [1.82, 2.24) is 9.29 Å². The number of hydrogen-bond donors (Lipinski definition) is 1. The summed E-state index contributed by atoms with van der Waals surface area (Å²) in [7, 11) is -3.71. The second-order valence-corrected chi connectivity index (χ2v) is 9.25. The van der Waals surface area contributed by atoms with Crippen LogP contribution >= 0.6 is 11.6 Å². The van der Waals surface area contributed by atoms with Crippen LogP contribution in [0.4, 0.5) is 5.69 Å². The smallest absolute Gasteiger partial charge is 0.256 e. The number of sulfonamides is 1. The van der Waals surface area contributed by atoms with Crippen molar-refractivity contribution in [3.8, 4) is 0 Å². The van der Waals surface area contributed by atoms with Crippen LogP contribution in [0.3, 0.4) is 0 Å². The Kier molecular flexibility index (Phi) is 5.54. The molecule has 150 valence electrons. The molecule has 2 aromatic carbocycles. The first-order valence-corrected chi connectivity index (χ1v) is 11.2. The molecule has 8 heteroatoms. The number of amides is 1. The van der Waals surface area contributed by atoms with Crippen molar-refractivity contribution in [2.75, 3.05) is 18.4 Å². The van der Waals surface area contributed by atoms with E-state index in [0.717, 1.165) is 24.6 Å². The number of piperidine rings is 1. The number of pyridine rings is 1. The average Bonchev–Trinajstić information content (AvgIpc) is 2.75. The summed E-state index contributed by atoms with van der Waals surface area (Å²) < 4.78 is 27.5. The lowest BCUT2D eigenvalue weighted by molar-refractivity contribution is 0.102. The number of rotatable bonds is 4. The van der Waals surface area contributed by atoms with E-state index in [9.17, 15) is 13.2 Å². The Morgan fingerprint density at radius 1 is 1.03 bits per heavy atom. The van der Waals surface area contributed by atoms with Crippen LogP contribution in [0.1, 0.15) is 29.6 Å². The number of carbonyl (C=O) groups excluding carboxylic acids is 1. The van der Waals surface area contributed by atoms with Gasteiger partial charge in [0.25, 0.3) is 5.91 Å². The third kappa shape index (κ3) is 3.99. The van der Waals surface area contributed by atoms with Gasteiger partial charge >= 0.3 is 0 Å². The van der Waals surface area contributed by atoms with Crippen LogP contribution in [0.5, 0.6) is 0 Å². The maximum Gasteiger partial charge on any atom is 0.256 e. The number of hydrogen-bond acceptors (Lipinski definition) is 4. The van der Waals surface area contributed by atoms with Crippen LogP contribution in [0.15, 0.2) is 59.6 Å². The minimum atomic E-state index is -3.71. The first-order valence-electron chi connectivity index (χ1n) is 9.41. The number of nitrogens with one attached hydrogen (secondary N) is 1. The summed E-state index contributed by atoms with van der Waals surface area (Å²) in [4.78, 5) is 17.1. The van der Waals surface area contributed by atoms with Crippen LogP contribution < -0.4 is 5.32 Å². The number of aromatic nitrogens is 1. The van der Waals surface area contributed by atoms with Gasteiger partial charge in [-0.2, -0.15) is 4.31 Å². The van der Waals surface area contributed by atoms with E-state index in [1.807, 2.05) is 12.1 Å². The van der Waals surface area contributed by atoms with Crippen molar-refractivity contribution < 1.29 is 13.2 Å². The Hall–Kier alpha value is -2.48. The van der Waals surface area contributed by atoms with Crippen molar-refractivity contribution in [3.05, 3.63) is 65.3 Å². The van der Waals surface area contributed by atoms with Gasteiger partial charge in [-0.1, -0.05) is 30.2 Å². The highest BCUT2D eigenvalue weighted by molar-refractivity contribution is 7.89. The molecule has 1 aliphatic heterocycles. The predicted molar refractivity (Wildman–Crippen MR) is 114 cm³/mol. The van der Waals surface area contributed by atoms with E-state index in [0.29, 0.717) is 29.9 Å². The minimum absolute atomic E-state index is 0.0125. The van der Waals surface area contributed by atoms with E-state index in [2.05, 4.69) is 10.3 Å². The highest BCUT2D eigenvalue weighted by Crippen LogP contribution is 2.30. The zero-order chi connectivity index (χ0) is 20.4. The van der Waals surface area contributed by atoms with Gasteiger partial charge < -0.3 is 5.32 Å². The molecule has 4 rings (SSSR count). The number of nitrogens with zero attached hydrogens (tertiary/aromatic N) is 2. The quantitative estimate of drug-likeness (QED) is 0.670. The Morgan fingerprint density at radius 2 is 1.83 bits per heavy atom. The van der Waals surface area contributed by atoms with Crippen LogP contribution in [0.2, 0.25) is 5.02 Å². The lowest BCUT2D eigenvalue weighted by atomic mass is 10.1. The molecule has 29 heavy (non-hydrogen) atoms. The molecule has 1 aromatic heterocycles. The van der Waals surface area contributed by atoms with Gasteiger partial charge in [0.05, 0.1) is 10.5 Å². The molecule has 1 N–H and O–H groups in total. The van der Waals surface area contributed by atoms with Crippen molar-refractivity contribution in [3.63, 3.8) is 0 Å².